The normalized spacial score (nSPS) is 16.0. The first kappa shape index (κ1) is 23.5. The van der Waals surface area contributed by atoms with Crippen LogP contribution in [-0.2, 0) is 11.3 Å². The molecule has 2 heterocycles. The summed E-state index contributed by atoms with van der Waals surface area (Å²) in [5.74, 6) is 1.28. The molecule has 6 nitrogen and oxygen atoms in total. The van der Waals surface area contributed by atoms with Crippen molar-refractivity contribution in [1.82, 2.24) is 19.7 Å². The summed E-state index contributed by atoms with van der Waals surface area (Å²) in [7, 11) is 0. The Morgan fingerprint density at radius 3 is 2.45 bits per heavy atom. The molecule has 1 fully saturated rings. The van der Waals surface area contributed by atoms with Crippen molar-refractivity contribution in [1.29, 1.82) is 0 Å². The molecule has 0 aliphatic carbocycles. The van der Waals surface area contributed by atoms with Crippen molar-refractivity contribution in [3.05, 3.63) is 66.0 Å². The second-order valence-electron chi connectivity index (χ2n) is 8.70. The molecule has 1 amide bonds. The number of likely N-dealkylation sites (tertiary alicyclic amines) is 1. The molecule has 0 radical (unpaired) electrons. The van der Waals surface area contributed by atoms with Gasteiger partial charge < -0.3 is 5.32 Å². The fourth-order valence-corrected chi connectivity index (χ4v) is 5.05. The maximum atomic E-state index is 13.1. The van der Waals surface area contributed by atoms with Gasteiger partial charge in [0.25, 0.3) is 0 Å². The highest BCUT2D eigenvalue weighted by Crippen LogP contribution is 2.30. The number of hydrogen-bond donors (Lipinski definition) is 1. The van der Waals surface area contributed by atoms with Crippen LogP contribution in [0.4, 0.5) is 5.69 Å². The molecule has 2 unspecified atom stereocenters. The van der Waals surface area contributed by atoms with E-state index in [0.717, 1.165) is 48.4 Å². The number of anilines is 1. The van der Waals surface area contributed by atoms with Crippen LogP contribution < -0.4 is 5.32 Å². The molecule has 1 aromatic heterocycles. The molecule has 1 N–H and O–H groups in total. The molecule has 1 saturated heterocycles. The Balaban J connectivity index is 1.53. The number of thioether (sulfide) groups is 1. The van der Waals surface area contributed by atoms with Crippen LogP contribution in [0, 0.1) is 0 Å². The summed E-state index contributed by atoms with van der Waals surface area (Å²) in [6, 6.07) is 18.2. The van der Waals surface area contributed by atoms with E-state index in [2.05, 4.69) is 57.0 Å². The van der Waals surface area contributed by atoms with Crippen molar-refractivity contribution in [2.75, 3.05) is 18.4 Å². The number of carbonyl (C=O) groups excluding carboxylic acids is 1. The van der Waals surface area contributed by atoms with Crippen LogP contribution in [0.15, 0.2) is 59.8 Å². The third-order valence-corrected chi connectivity index (χ3v) is 7.33. The number of amides is 1. The number of carbonyl (C=O) groups is 1. The average molecular weight is 464 g/mol. The minimum Gasteiger partial charge on any atom is -0.325 e. The number of nitrogens with zero attached hydrogens (tertiary/aromatic N) is 4. The first-order valence-electron chi connectivity index (χ1n) is 11.8. The van der Waals surface area contributed by atoms with E-state index in [4.69, 9.17) is 0 Å². The summed E-state index contributed by atoms with van der Waals surface area (Å²) in [6.45, 7) is 9.24. The molecule has 1 aliphatic rings. The second kappa shape index (κ2) is 11.0. The fraction of sp³-hybridized carbons (Fsp3) is 0.423. The van der Waals surface area contributed by atoms with Crippen LogP contribution >= 0.6 is 11.8 Å². The molecule has 2 atom stereocenters. The summed E-state index contributed by atoms with van der Waals surface area (Å²) in [4.78, 5) is 15.5. The molecule has 0 saturated carbocycles. The van der Waals surface area contributed by atoms with Crippen LogP contribution in [0.25, 0.3) is 5.69 Å². The molecule has 2 aromatic carbocycles. The quantitative estimate of drug-likeness (QED) is 0.425. The molecule has 0 bridgehead atoms. The minimum absolute atomic E-state index is 0.0283. The van der Waals surface area contributed by atoms with Crippen molar-refractivity contribution in [3.63, 3.8) is 0 Å². The SMILES string of the molecule is CCC(C)c1ccccc1NC(=O)C(C)Sc1nnc(CN2CCCC2)n1-c1ccccc1. The summed E-state index contributed by atoms with van der Waals surface area (Å²) < 4.78 is 2.10. The first-order chi connectivity index (χ1) is 16.1. The Kier molecular flexibility index (Phi) is 7.83. The number of hydrogen-bond acceptors (Lipinski definition) is 5. The number of rotatable bonds is 9. The van der Waals surface area contributed by atoms with Crippen LogP contribution in [0.1, 0.15) is 57.3 Å². The van der Waals surface area contributed by atoms with E-state index < -0.39 is 0 Å². The molecule has 4 rings (SSSR count). The maximum absolute atomic E-state index is 13.1. The molecule has 0 spiro atoms. The summed E-state index contributed by atoms with van der Waals surface area (Å²) in [5.41, 5.74) is 3.09. The van der Waals surface area contributed by atoms with Gasteiger partial charge in [0.15, 0.2) is 11.0 Å². The third kappa shape index (κ3) is 5.65. The Hall–Kier alpha value is -2.64. The monoisotopic (exact) mass is 463 g/mol. The highest BCUT2D eigenvalue weighted by Gasteiger charge is 2.23. The summed E-state index contributed by atoms with van der Waals surface area (Å²) in [5, 5.41) is 12.6. The largest absolute Gasteiger partial charge is 0.325 e. The second-order valence-corrected chi connectivity index (χ2v) is 10.0. The zero-order valence-corrected chi connectivity index (χ0v) is 20.5. The van der Waals surface area contributed by atoms with E-state index in [0.29, 0.717) is 5.92 Å². The molecule has 174 valence electrons. The van der Waals surface area contributed by atoms with Gasteiger partial charge in [-0.05, 0) is 69.0 Å². The van der Waals surface area contributed by atoms with Gasteiger partial charge in [-0.2, -0.15) is 0 Å². The van der Waals surface area contributed by atoms with Gasteiger partial charge in [-0.25, -0.2) is 0 Å². The highest BCUT2D eigenvalue weighted by atomic mass is 32.2. The summed E-state index contributed by atoms with van der Waals surface area (Å²) >= 11 is 1.45. The van der Waals surface area contributed by atoms with E-state index in [1.54, 1.807) is 0 Å². The molecular formula is C26H33N5OS. The lowest BCUT2D eigenvalue weighted by atomic mass is 9.97. The highest BCUT2D eigenvalue weighted by molar-refractivity contribution is 8.00. The van der Waals surface area contributed by atoms with Crippen molar-refractivity contribution in [3.8, 4) is 5.69 Å². The number of para-hydroxylation sites is 2. The molecular weight excluding hydrogens is 430 g/mol. The van der Waals surface area contributed by atoms with Gasteiger partial charge in [-0.1, -0.05) is 62.0 Å². The standard InChI is InChI=1S/C26H33N5OS/c1-4-19(2)22-14-8-9-15-23(22)27-25(32)20(3)33-26-29-28-24(18-30-16-10-11-17-30)31(26)21-12-6-5-7-13-21/h5-9,12-15,19-20H,4,10-11,16-18H2,1-3H3,(H,27,32). The lowest BCUT2D eigenvalue weighted by Crippen LogP contribution is -2.24. The Labute approximate surface area is 200 Å². The van der Waals surface area contributed by atoms with Gasteiger partial charge >= 0.3 is 0 Å². The van der Waals surface area contributed by atoms with E-state index in [1.165, 1.54) is 30.2 Å². The van der Waals surface area contributed by atoms with E-state index >= 15 is 0 Å². The zero-order valence-electron chi connectivity index (χ0n) is 19.7. The number of nitrogens with one attached hydrogen (secondary N) is 1. The van der Waals surface area contributed by atoms with Gasteiger partial charge in [-0.15, -0.1) is 10.2 Å². The van der Waals surface area contributed by atoms with Crippen molar-refractivity contribution in [2.45, 2.75) is 62.9 Å². The lowest BCUT2D eigenvalue weighted by Gasteiger charge is -2.18. The predicted molar refractivity (Wildman–Crippen MR) is 135 cm³/mol. The predicted octanol–water partition coefficient (Wildman–Crippen LogP) is 5.50. The zero-order chi connectivity index (χ0) is 23.2. The van der Waals surface area contributed by atoms with Gasteiger partial charge in [0.1, 0.15) is 0 Å². The molecule has 3 aromatic rings. The number of aromatic nitrogens is 3. The topological polar surface area (TPSA) is 63.1 Å². The Morgan fingerprint density at radius 1 is 1.03 bits per heavy atom. The van der Waals surface area contributed by atoms with E-state index in [9.17, 15) is 4.79 Å². The van der Waals surface area contributed by atoms with Crippen LogP contribution in [0.5, 0.6) is 0 Å². The summed E-state index contributed by atoms with van der Waals surface area (Å²) in [6.07, 6.45) is 3.49. The Morgan fingerprint density at radius 2 is 1.73 bits per heavy atom. The fourth-order valence-electron chi connectivity index (χ4n) is 4.16. The molecule has 7 heteroatoms. The van der Waals surface area contributed by atoms with Crippen molar-refractivity contribution < 1.29 is 4.79 Å². The van der Waals surface area contributed by atoms with E-state index in [-0.39, 0.29) is 11.2 Å². The van der Waals surface area contributed by atoms with Crippen molar-refractivity contribution >= 4 is 23.4 Å². The third-order valence-electron chi connectivity index (χ3n) is 6.29. The van der Waals surface area contributed by atoms with Gasteiger partial charge in [0, 0.05) is 11.4 Å². The first-order valence-corrected chi connectivity index (χ1v) is 12.7. The van der Waals surface area contributed by atoms with Gasteiger partial charge in [0.05, 0.1) is 11.8 Å². The van der Waals surface area contributed by atoms with Crippen LogP contribution in [0.2, 0.25) is 0 Å². The average Bonchev–Trinajstić information content (AvgIpc) is 3.49. The molecule has 33 heavy (non-hydrogen) atoms. The smallest absolute Gasteiger partial charge is 0.237 e. The number of benzene rings is 2. The van der Waals surface area contributed by atoms with Crippen LogP contribution in [-0.4, -0.2) is 43.9 Å². The Bertz CT molecular complexity index is 1060. The van der Waals surface area contributed by atoms with Gasteiger partial charge in [-0.3, -0.25) is 14.3 Å². The molecule has 1 aliphatic heterocycles. The van der Waals surface area contributed by atoms with Crippen LogP contribution in [0.3, 0.4) is 0 Å². The van der Waals surface area contributed by atoms with Gasteiger partial charge in [0.2, 0.25) is 5.91 Å². The maximum Gasteiger partial charge on any atom is 0.237 e. The minimum atomic E-state index is -0.318. The van der Waals surface area contributed by atoms with E-state index in [1.807, 2.05) is 43.3 Å². The lowest BCUT2D eigenvalue weighted by molar-refractivity contribution is -0.115. The van der Waals surface area contributed by atoms with Crippen molar-refractivity contribution in [2.24, 2.45) is 0 Å².